The van der Waals surface area contributed by atoms with Crippen LogP contribution in [0.3, 0.4) is 0 Å². The van der Waals surface area contributed by atoms with Crippen LogP contribution in [-0.2, 0) is 28.6 Å². The lowest BCUT2D eigenvalue weighted by Gasteiger charge is -2.47. The summed E-state index contributed by atoms with van der Waals surface area (Å²) in [5.41, 5.74) is 0.925. The molecule has 2 heterocycles. The molecule has 0 aliphatic carbocycles. The van der Waals surface area contributed by atoms with Crippen LogP contribution in [0.5, 0.6) is 0 Å². The van der Waals surface area contributed by atoms with Crippen molar-refractivity contribution in [3.8, 4) is 0 Å². The number of carbonyl (C=O) groups is 3. The predicted octanol–water partition coefficient (Wildman–Crippen LogP) is 2.56. The summed E-state index contributed by atoms with van der Waals surface area (Å²) in [6.07, 6.45) is 4.81. The van der Waals surface area contributed by atoms with E-state index in [-0.39, 0.29) is 22.8 Å². The van der Waals surface area contributed by atoms with Crippen molar-refractivity contribution in [2.75, 3.05) is 38.2 Å². The van der Waals surface area contributed by atoms with Crippen LogP contribution in [0.25, 0.3) is 0 Å². The van der Waals surface area contributed by atoms with Crippen LogP contribution in [0.15, 0.2) is 59.5 Å². The number of methoxy groups -OCH3 is 3. The van der Waals surface area contributed by atoms with E-state index in [4.69, 9.17) is 14.2 Å². The number of likely N-dealkylation sites (N-methyl/N-ethyl adjacent to an activating group) is 1. The quantitative estimate of drug-likeness (QED) is 0.537. The third kappa shape index (κ3) is 3.37. The average molecular weight is 426 g/mol. The first kappa shape index (κ1) is 22.1. The lowest BCUT2D eigenvalue weighted by molar-refractivity contribution is -0.138. The fraction of sp³-hybridized carbons (Fsp3) is 0.348. The molecular weight excluding hydrogens is 400 g/mol. The summed E-state index contributed by atoms with van der Waals surface area (Å²) < 4.78 is 15.0. The van der Waals surface area contributed by atoms with Crippen LogP contribution >= 0.6 is 0 Å². The van der Waals surface area contributed by atoms with Gasteiger partial charge in [-0.3, -0.25) is 0 Å². The topological polar surface area (TPSA) is 85.4 Å². The largest absolute Gasteiger partial charge is 0.466 e. The van der Waals surface area contributed by atoms with Gasteiger partial charge < -0.3 is 24.0 Å². The monoisotopic (exact) mass is 426 g/mol. The number of benzene rings is 1. The summed E-state index contributed by atoms with van der Waals surface area (Å²) in [7, 11) is 5.61. The van der Waals surface area contributed by atoms with Crippen LogP contribution in [0.2, 0.25) is 0 Å². The summed E-state index contributed by atoms with van der Waals surface area (Å²) >= 11 is 0. The number of fused-ring (bicyclic) bond motifs is 3. The van der Waals surface area contributed by atoms with E-state index < -0.39 is 23.4 Å². The molecule has 0 aromatic heterocycles. The standard InChI is InChI=1S/C23H26N2O6/c1-14(2)23-12-19(22(28)31-6)24(3)17-9-7-8-10-18(17)25(23)13-15(20(26)29-4)11-16(23)21(27)30-5/h7-14H,1-6H3. The fourth-order valence-corrected chi connectivity index (χ4v) is 4.10. The second-order valence-corrected chi connectivity index (χ2v) is 7.54. The summed E-state index contributed by atoms with van der Waals surface area (Å²) in [6, 6.07) is 7.41. The van der Waals surface area contributed by atoms with Gasteiger partial charge >= 0.3 is 17.9 Å². The van der Waals surface area contributed by atoms with Crippen molar-refractivity contribution in [1.82, 2.24) is 0 Å². The van der Waals surface area contributed by atoms with Gasteiger partial charge in [0.25, 0.3) is 0 Å². The highest BCUT2D eigenvalue weighted by Crippen LogP contribution is 2.48. The zero-order chi connectivity index (χ0) is 22.9. The molecule has 0 spiro atoms. The number of anilines is 2. The van der Waals surface area contributed by atoms with E-state index in [1.54, 1.807) is 24.2 Å². The maximum absolute atomic E-state index is 13.0. The van der Waals surface area contributed by atoms with E-state index in [2.05, 4.69) is 0 Å². The van der Waals surface area contributed by atoms with Gasteiger partial charge in [-0.05, 0) is 30.2 Å². The maximum Gasteiger partial charge on any atom is 0.354 e. The Morgan fingerprint density at radius 2 is 1.48 bits per heavy atom. The third-order valence-electron chi connectivity index (χ3n) is 5.72. The van der Waals surface area contributed by atoms with Gasteiger partial charge in [-0.25, -0.2) is 14.4 Å². The Kier molecular flexibility index (Phi) is 5.92. The number of nitrogens with zero attached hydrogens (tertiary/aromatic N) is 2. The van der Waals surface area contributed by atoms with Crippen molar-refractivity contribution >= 4 is 29.3 Å². The lowest BCUT2D eigenvalue weighted by atomic mass is 9.74. The fourth-order valence-electron chi connectivity index (χ4n) is 4.10. The molecule has 0 amide bonds. The minimum Gasteiger partial charge on any atom is -0.466 e. The third-order valence-corrected chi connectivity index (χ3v) is 5.72. The number of hydrogen-bond donors (Lipinski definition) is 0. The number of carbonyl (C=O) groups excluding carboxylic acids is 3. The number of ether oxygens (including phenoxy) is 3. The number of rotatable bonds is 4. The van der Waals surface area contributed by atoms with Gasteiger partial charge in [-0.1, -0.05) is 26.0 Å². The molecule has 2 aliphatic rings. The highest BCUT2D eigenvalue weighted by atomic mass is 16.5. The molecule has 1 unspecified atom stereocenters. The molecule has 0 saturated heterocycles. The molecule has 31 heavy (non-hydrogen) atoms. The Morgan fingerprint density at radius 1 is 0.903 bits per heavy atom. The first-order chi connectivity index (χ1) is 14.7. The Hall–Kier alpha value is -3.55. The Balaban J connectivity index is 2.47. The number of para-hydroxylation sites is 2. The van der Waals surface area contributed by atoms with E-state index in [0.29, 0.717) is 11.4 Å². The van der Waals surface area contributed by atoms with Crippen molar-refractivity contribution in [1.29, 1.82) is 0 Å². The van der Waals surface area contributed by atoms with E-state index >= 15 is 0 Å². The zero-order valence-electron chi connectivity index (χ0n) is 18.5. The molecule has 1 atom stereocenters. The molecular formula is C23H26N2O6. The van der Waals surface area contributed by atoms with Crippen molar-refractivity contribution < 1.29 is 28.6 Å². The Labute approximate surface area is 181 Å². The number of esters is 3. The van der Waals surface area contributed by atoms with Crippen LogP contribution in [0.1, 0.15) is 13.8 Å². The summed E-state index contributed by atoms with van der Waals surface area (Å²) in [6.45, 7) is 3.86. The molecule has 164 valence electrons. The first-order valence-electron chi connectivity index (χ1n) is 9.76. The highest BCUT2D eigenvalue weighted by molar-refractivity contribution is 6.04. The summed E-state index contributed by atoms with van der Waals surface area (Å²) in [4.78, 5) is 41.7. The normalized spacial score (nSPS) is 19.9. The van der Waals surface area contributed by atoms with Crippen molar-refractivity contribution in [3.05, 3.63) is 59.5 Å². The minimum atomic E-state index is -1.13. The van der Waals surface area contributed by atoms with Crippen LogP contribution in [0, 0.1) is 5.92 Å². The summed E-state index contributed by atoms with van der Waals surface area (Å²) in [5.74, 6) is -1.97. The van der Waals surface area contributed by atoms with Gasteiger partial charge in [0.15, 0.2) is 0 Å². The molecule has 8 nitrogen and oxygen atoms in total. The van der Waals surface area contributed by atoms with Gasteiger partial charge in [0.1, 0.15) is 11.2 Å². The van der Waals surface area contributed by atoms with Gasteiger partial charge in [-0.15, -0.1) is 0 Å². The summed E-state index contributed by atoms with van der Waals surface area (Å²) in [5, 5.41) is 0. The van der Waals surface area contributed by atoms with Crippen molar-refractivity contribution in [2.24, 2.45) is 5.92 Å². The van der Waals surface area contributed by atoms with Crippen molar-refractivity contribution in [2.45, 2.75) is 19.4 Å². The molecule has 0 N–H and O–H groups in total. The first-order valence-corrected chi connectivity index (χ1v) is 9.76. The zero-order valence-corrected chi connectivity index (χ0v) is 18.5. The van der Waals surface area contributed by atoms with E-state index in [0.717, 1.165) is 0 Å². The predicted molar refractivity (Wildman–Crippen MR) is 115 cm³/mol. The SMILES string of the molecule is COC(=O)C1=CN2c3ccccc3N(C)C(C(=O)OC)=CC2(C(C)C)C(C(=O)OC)=C1. The number of hydrogen-bond acceptors (Lipinski definition) is 8. The van der Waals surface area contributed by atoms with Crippen LogP contribution in [-0.4, -0.2) is 51.8 Å². The van der Waals surface area contributed by atoms with Crippen LogP contribution in [0.4, 0.5) is 11.4 Å². The van der Waals surface area contributed by atoms with Gasteiger partial charge in [0.2, 0.25) is 0 Å². The smallest absolute Gasteiger partial charge is 0.354 e. The highest BCUT2D eigenvalue weighted by Gasteiger charge is 2.50. The van der Waals surface area contributed by atoms with Gasteiger partial charge in [0, 0.05) is 13.2 Å². The Bertz CT molecular complexity index is 1020. The minimum absolute atomic E-state index is 0.187. The second-order valence-electron chi connectivity index (χ2n) is 7.54. The Morgan fingerprint density at radius 3 is 2.03 bits per heavy atom. The molecule has 0 fully saturated rings. The van der Waals surface area contributed by atoms with E-state index in [9.17, 15) is 14.4 Å². The molecule has 0 bridgehead atoms. The van der Waals surface area contributed by atoms with E-state index in [1.807, 2.05) is 43.0 Å². The second kappa shape index (κ2) is 8.29. The molecule has 3 rings (SSSR count). The molecule has 0 saturated carbocycles. The molecule has 1 aromatic rings. The molecule has 0 radical (unpaired) electrons. The molecule has 2 aliphatic heterocycles. The van der Waals surface area contributed by atoms with Crippen molar-refractivity contribution in [3.63, 3.8) is 0 Å². The van der Waals surface area contributed by atoms with Crippen LogP contribution < -0.4 is 9.80 Å². The van der Waals surface area contributed by atoms with E-state index in [1.165, 1.54) is 27.4 Å². The molecule has 1 aromatic carbocycles. The maximum atomic E-state index is 13.0. The lowest BCUT2D eigenvalue weighted by Crippen LogP contribution is -2.54. The average Bonchev–Trinajstić information content (AvgIpc) is 2.90. The van der Waals surface area contributed by atoms with Gasteiger partial charge in [0.05, 0.1) is 43.9 Å². The molecule has 8 heteroatoms. The van der Waals surface area contributed by atoms with Gasteiger partial charge in [-0.2, -0.15) is 0 Å².